The molecule has 1 aliphatic carbocycles. The van der Waals surface area contributed by atoms with Gasteiger partial charge in [-0.3, -0.25) is 4.72 Å². The van der Waals surface area contributed by atoms with Crippen LogP contribution >= 0.6 is 11.6 Å². The molecule has 0 amide bonds. The van der Waals surface area contributed by atoms with Crippen LogP contribution in [-0.4, -0.2) is 24.2 Å². The highest BCUT2D eigenvalue weighted by Crippen LogP contribution is 2.43. The van der Waals surface area contributed by atoms with Gasteiger partial charge in [-0.15, -0.1) is 0 Å². The number of nitrogens with zero attached hydrogens (tertiary/aromatic N) is 1. The third kappa shape index (κ3) is 2.37. The third-order valence-electron chi connectivity index (χ3n) is 2.88. The van der Waals surface area contributed by atoms with Gasteiger partial charge in [-0.25, -0.2) is 13.2 Å². The highest BCUT2D eigenvalue weighted by atomic mass is 35.5. The lowest BCUT2D eigenvalue weighted by Crippen LogP contribution is -2.29. The zero-order valence-corrected chi connectivity index (χ0v) is 11.1. The predicted octanol–water partition coefficient (Wildman–Crippen LogP) is 1.84. The average Bonchev–Trinajstić information content (AvgIpc) is 3.12. The summed E-state index contributed by atoms with van der Waals surface area (Å²) in [6.07, 6.45) is 0.490. The van der Waals surface area contributed by atoms with Crippen molar-refractivity contribution in [2.24, 2.45) is 0 Å². The maximum absolute atomic E-state index is 12.0. The number of carbonyl (C=O) groups is 1. The molecule has 2 rings (SSSR count). The molecule has 2 N–H and O–H groups in total. The molecule has 8 heteroatoms. The number of aromatic carboxylic acids is 1. The lowest BCUT2D eigenvalue weighted by Gasteiger charge is -2.13. The number of nitriles is 1. The fourth-order valence-electron chi connectivity index (χ4n) is 1.58. The number of hydrogen-bond donors (Lipinski definition) is 2. The summed E-state index contributed by atoms with van der Waals surface area (Å²) >= 11 is 5.67. The number of halogens is 1. The molecule has 0 saturated heterocycles. The predicted molar refractivity (Wildman–Crippen MR) is 68.5 cm³/mol. The van der Waals surface area contributed by atoms with Crippen molar-refractivity contribution >= 4 is 33.3 Å². The minimum absolute atomic E-state index is 0.0987. The van der Waals surface area contributed by atoms with E-state index in [1.165, 1.54) is 12.1 Å². The molecule has 6 nitrogen and oxygen atoms in total. The Kier molecular flexibility index (Phi) is 3.16. The second-order valence-electron chi connectivity index (χ2n) is 4.21. The standard InChI is InChI=1S/C11H9ClN2O4S/c12-7-1-2-9(8(5-7)10(15)16)14-19(17,18)11(6-13)3-4-11/h1-2,5,14H,3-4H2,(H,15,16). The van der Waals surface area contributed by atoms with Gasteiger partial charge in [-0.2, -0.15) is 5.26 Å². The third-order valence-corrected chi connectivity index (χ3v) is 5.13. The van der Waals surface area contributed by atoms with Crippen molar-refractivity contribution in [2.75, 3.05) is 4.72 Å². The van der Waals surface area contributed by atoms with Crippen molar-refractivity contribution in [1.82, 2.24) is 0 Å². The molecule has 0 aliphatic heterocycles. The number of hydrogen-bond acceptors (Lipinski definition) is 4. The Labute approximate surface area is 114 Å². The molecular weight excluding hydrogens is 292 g/mol. The van der Waals surface area contributed by atoms with Gasteiger partial charge in [-0.1, -0.05) is 11.6 Å². The van der Waals surface area contributed by atoms with Crippen molar-refractivity contribution < 1.29 is 18.3 Å². The van der Waals surface area contributed by atoms with E-state index in [1.54, 1.807) is 6.07 Å². The molecule has 0 unspecified atom stereocenters. The van der Waals surface area contributed by atoms with Crippen LogP contribution < -0.4 is 4.72 Å². The van der Waals surface area contributed by atoms with Crippen LogP contribution in [0.15, 0.2) is 18.2 Å². The summed E-state index contributed by atoms with van der Waals surface area (Å²) in [6.45, 7) is 0. The Hall–Kier alpha value is -1.78. The molecule has 0 radical (unpaired) electrons. The van der Waals surface area contributed by atoms with Gasteiger partial charge < -0.3 is 5.11 Å². The van der Waals surface area contributed by atoms with E-state index >= 15 is 0 Å². The number of sulfonamides is 1. The Morgan fingerprint density at radius 3 is 2.58 bits per heavy atom. The number of nitrogens with one attached hydrogen (secondary N) is 1. The van der Waals surface area contributed by atoms with Gasteiger partial charge in [0.15, 0.2) is 4.75 Å². The van der Waals surface area contributed by atoms with Gasteiger partial charge in [-0.05, 0) is 31.0 Å². The molecule has 0 bridgehead atoms. The maximum atomic E-state index is 12.0. The van der Waals surface area contributed by atoms with Crippen LogP contribution in [0.5, 0.6) is 0 Å². The van der Waals surface area contributed by atoms with Crippen molar-refractivity contribution in [1.29, 1.82) is 5.26 Å². The summed E-state index contributed by atoms with van der Waals surface area (Å²) in [5.74, 6) is -1.30. The molecule has 19 heavy (non-hydrogen) atoms. The quantitative estimate of drug-likeness (QED) is 0.882. The maximum Gasteiger partial charge on any atom is 0.337 e. The van der Waals surface area contributed by atoms with Crippen LogP contribution in [0, 0.1) is 11.3 Å². The van der Waals surface area contributed by atoms with Crippen molar-refractivity contribution in [3.63, 3.8) is 0 Å². The average molecular weight is 301 g/mol. The van der Waals surface area contributed by atoms with Crippen LogP contribution in [0.25, 0.3) is 0 Å². The summed E-state index contributed by atoms with van der Waals surface area (Å²) in [5, 5.41) is 18.1. The number of rotatable bonds is 4. The van der Waals surface area contributed by atoms with Gasteiger partial charge in [0, 0.05) is 5.02 Å². The Morgan fingerprint density at radius 2 is 2.11 bits per heavy atom. The van der Waals surface area contributed by atoms with Crippen LogP contribution in [0.2, 0.25) is 5.02 Å². The molecule has 1 aromatic carbocycles. The van der Waals surface area contributed by atoms with E-state index in [0.717, 1.165) is 6.07 Å². The lowest BCUT2D eigenvalue weighted by molar-refractivity contribution is 0.0698. The first-order valence-corrected chi connectivity index (χ1v) is 7.14. The SMILES string of the molecule is N#CC1(S(=O)(=O)Nc2ccc(Cl)cc2C(=O)O)CC1. The summed E-state index contributed by atoms with van der Waals surface area (Å²) in [7, 11) is -3.94. The summed E-state index contributed by atoms with van der Waals surface area (Å²) in [5.41, 5.74) is -0.358. The second kappa shape index (κ2) is 4.40. The first kappa shape index (κ1) is 13.6. The van der Waals surface area contributed by atoms with E-state index in [0.29, 0.717) is 0 Å². The molecule has 1 aliphatic rings. The van der Waals surface area contributed by atoms with E-state index in [-0.39, 0.29) is 29.1 Å². The van der Waals surface area contributed by atoms with E-state index in [4.69, 9.17) is 22.0 Å². The highest BCUT2D eigenvalue weighted by molar-refractivity contribution is 7.94. The first-order chi connectivity index (χ1) is 8.81. The normalized spacial score (nSPS) is 16.4. The highest BCUT2D eigenvalue weighted by Gasteiger charge is 2.56. The number of carboxylic acid groups (broad SMARTS) is 1. The smallest absolute Gasteiger partial charge is 0.337 e. The van der Waals surface area contributed by atoms with Crippen LogP contribution in [0.3, 0.4) is 0 Å². The van der Waals surface area contributed by atoms with Gasteiger partial charge >= 0.3 is 5.97 Å². The molecular formula is C11H9ClN2O4S. The largest absolute Gasteiger partial charge is 0.478 e. The van der Waals surface area contributed by atoms with E-state index < -0.39 is 20.7 Å². The molecule has 100 valence electrons. The Balaban J connectivity index is 2.40. The molecule has 1 fully saturated rings. The van der Waals surface area contributed by atoms with E-state index in [2.05, 4.69) is 4.72 Å². The van der Waals surface area contributed by atoms with Gasteiger partial charge in [0.25, 0.3) is 10.0 Å². The van der Waals surface area contributed by atoms with Crippen molar-refractivity contribution in [3.05, 3.63) is 28.8 Å². The number of benzene rings is 1. The second-order valence-corrected chi connectivity index (χ2v) is 6.64. The van der Waals surface area contributed by atoms with E-state index in [1.807, 2.05) is 0 Å². The van der Waals surface area contributed by atoms with Crippen LogP contribution in [-0.2, 0) is 10.0 Å². The Bertz CT molecular complexity index is 689. The van der Waals surface area contributed by atoms with E-state index in [9.17, 15) is 13.2 Å². The lowest BCUT2D eigenvalue weighted by atomic mass is 10.2. The Morgan fingerprint density at radius 1 is 1.47 bits per heavy atom. The molecule has 0 spiro atoms. The first-order valence-electron chi connectivity index (χ1n) is 5.28. The minimum Gasteiger partial charge on any atom is -0.478 e. The zero-order chi connectivity index (χ0) is 14.3. The van der Waals surface area contributed by atoms with Crippen LogP contribution in [0.4, 0.5) is 5.69 Å². The fraction of sp³-hybridized carbons (Fsp3) is 0.273. The van der Waals surface area contributed by atoms with Crippen molar-refractivity contribution in [3.8, 4) is 6.07 Å². The van der Waals surface area contributed by atoms with Gasteiger partial charge in [0.1, 0.15) is 0 Å². The summed E-state index contributed by atoms with van der Waals surface area (Å²) < 4.78 is 24.7. The fourth-order valence-corrected chi connectivity index (χ4v) is 3.17. The van der Waals surface area contributed by atoms with Gasteiger partial charge in [0.2, 0.25) is 0 Å². The summed E-state index contributed by atoms with van der Waals surface area (Å²) in [6, 6.07) is 5.53. The summed E-state index contributed by atoms with van der Waals surface area (Å²) in [4.78, 5) is 11.0. The molecule has 0 heterocycles. The number of anilines is 1. The monoisotopic (exact) mass is 300 g/mol. The molecule has 1 aromatic rings. The van der Waals surface area contributed by atoms with Crippen LogP contribution in [0.1, 0.15) is 23.2 Å². The topological polar surface area (TPSA) is 107 Å². The minimum atomic E-state index is -3.94. The number of carboxylic acids is 1. The molecule has 1 saturated carbocycles. The molecule has 0 atom stereocenters. The molecule has 0 aromatic heterocycles. The zero-order valence-electron chi connectivity index (χ0n) is 9.55. The van der Waals surface area contributed by atoms with Gasteiger partial charge in [0.05, 0.1) is 17.3 Å². The van der Waals surface area contributed by atoms with Crippen molar-refractivity contribution in [2.45, 2.75) is 17.6 Å².